The van der Waals surface area contributed by atoms with Gasteiger partial charge >= 0.3 is 0 Å². The summed E-state index contributed by atoms with van der Waals surface area (Å²) in [5.74, 6) is 0.0316. The number of nitrogens with one attached hydrogen (secondary N) is 1. The van der Waals surface area contributed by atoms with Gasteiger partial charge in [-0.2, -0.15) is 10.4 Å². The minimum atomic E-state index is 0.0316. The lowest BCUT2D eigenvalue weighted by Gasteiger charge is -2.10. The molecule has 3 heterocycles. The highest BCUT2D eigenvalue weighted by molar-refractivity contribution is 6.35. The van der Waals surface area contributed by atoms with Crippen LogP contribution in [-0.2, 0) is 0 Å². The summed E-state index contributed by atoms with van der Waals surface area (Å²) in [6.07, 6.45) is 4.87. The number of hydrogen-bond acceptors (Lipinski definition) is 7. The zero-order valence-electron chi connectivity index (χ0n) is 13.5. The SMILES string of the molecule is Cc1cnc(-c2nc(N)c(C#N)nc2-c2cc(Cl)c3[nH]ncc3c2)cn1. The van der Waals surface area contributed by atoms with Crippen molar-refractivity contribution >= 4 is 28.3 Å². The number of anilines is 1. The van der Waals surface area contributed by atoms with E-state index in [2.05, 4.69) is 30.1 Å². The average Bonchev–Trinajstić information content (AvgIpc) is 3.11. The van der Waals surface area contributed by atoms with Crippen LogP contribution in [0.5, 0.6) is 0 Å². The van der Waals surface area contributed by atoms with Crippen molar-refractivity contribution in [3.05, 3.63) is 47.1 Å². The Morgan fingerprint density at radius 1 is 1.12 bits per heavy atom. The van der Waals surface area contributed by atoms with E-state index in [4.69, 9.17) is 17.3 Å². The van der Waals surface area contributed by atoms with Crippen LogP contribution < -0.4 is 5.73 Å². The van der Waals surface area contributed by atoms with E-state index >= 15 is 0 Å². The molecule has 4 aromatic rings. The van der Waals surface area contributed by atoms with Crippen LogP contribution in [0.25, 0.3) is 33.5 Å². The molecule has 0 atom stereocenters. The van der Waals surface area contributed by atoms with Crippen LogP contribution in [0.15, 0.2) is 30.7 Å². The highest BCUT2D eigenvalue weighted by Gasteiger charge is 2.18. The molecule has 4 rings (SSSR count). The Kier molecular flexibility index (Phi) is 3.71. The average molecular weight is 363 g/mol. The van der Waals surface area contributed by atoms with Gasteiger partial charge in [0.1, 0.15) is 23.2 Å². The molecule has 0 aliphatic heterocycles. The number of aromatic nitrogens is 6. The molecule has 0 bridgehead atoms. The standard InChI is InChI=1S/C17H11ClN8/c1-8-5-22-13(7-21-8)16-15(24-12(4-19)17(20)25-16)9-2-10-6-23-26-14(10)11(18)3-9/h2-3,5-7H,1H3,(H2,20,25)(H,23,26). The van der Waals surface area contributed by atoms with Crippen LogP contribution in [0.1, 0.15) is 11.4 Å². The summed E-state index contributed by atoms with van der Waals surface area (Å²) >= 11 is 6.34. The van der Waals surface area contributed by atoms with Crippen molar-refractivity contribution in [3.8, 4) is 28.7 Å². The third-order valence-corrected chi connectivity index (χ3v) is 4.12. The second-order valence-electron chi connectivity index (χ2n) is 5.60. The molecule has 3 N–H and O–H groups in total. The van der Waals surface area contributed by atoms with Gasteiger partial charge in [0, 0.05) is 17.1 Å². The lowest BCUT2D eigenvalue weighted by molar-refractivity contribution is 1.10. The Morgan fingerprint density at radius 2 is 1.96 bits per heavy atom. The predicted molar refractivity (Wildman–Crippen MR) is 97.0 cm³/mol. The molecule has 0 aliphatic rings. The Bertz CT molecular complexity index is 1170. The maximum atomic E-state index is 9.28. The van der Waals surface area contributed by atoms with Gasteiger partial charge in [0.25, 0.3) is 0 Å². The van der Waals surface area contributed by atoms with Crippen LogP contribution in [0.3, 0.4) is 0 Å². The van der Waals surface area contributed by atoms with Crippen LogP contribution in [0, 0.1) is 18.3 Å². The minimum absolute atomic E-state index is 0.0316. The first-order chi connectivity index (χ1) is 12.6. The molecule has 0 radical (unpaired) electrons. The molecule has 126 valence electrons. The lowest BCUT2D eigenvalue weighted by atomic mass is 10.1. The lowest BCUT2D eigenvalue weighted by Crippen LogP contribution is -2.04. The van der Waals surface area contributed by atoms with E-state index in [9.17, 15) is 5.26 Å². The molecule has 8 nitrogen and oxygen atoms in total. The summed E-state index contributed by atoms with van der Waals surface area (Å²) in [7, 11) is 0. The topological polar surface area (TPSA) is 130 Å². The quantitative estimate of drug-likeness (QED) is 0.560. The fraction of sp³-hybridized carbons (Fsp3) is 0.0588. The molecule has 26 heavy (non-hydrogen) atoms. The van der Waals surface area contributed by atoms with Gasteiger partial charge in [0.2, 0.25) is 0 Å². The number of fused-ring (bicyclic) bond motifs is 1. The van der Waals surface area contributed by atoms with Crippen molar-refractivity contribution < 1.29 is 0 Å². The number of nitrogen functional groups attached to an aromatic ring is 1. The van der Waals surface area contributed by atoms with Gasteiger partial charge < -0.3 is 5.73 Å². The number of aryl methyl sites for hydroxylation is 1. The van der Waals surface area contributed by atoms with Crippen molar-refractivity contribution in [3.63, 3.8) is 0 Å². The van der Waals surface area contributed by atoms with Gasteiger partial charge in [-0.25, -0.2) is 9.97 Å². The first kappa shape index (κ1) is 15.9. The molecule has 1 aromatic carbocycles. The second kappa shape index (κ2) is 6.06. The van der Waals surface area contributed by atoms with Crippen LogP contribution in [0.4, 0.5) is 5.82 Å². The van der Waals surface area contributed by atoms with Crippen molar-refractivity contribution in [2.45, 2.75) is 6.92 Å². The molecular weight excluding hydrogens is 352 g/mol. The van der Waals surface area contributed by atoms with Crippen molar-refractivity contribution in [1.29, 1.82) is 5.26 Å². The smallest absolute Gasteiger partial charge is 0.183 e. The molecule has 9 heteroatoms. The van der Waals surface area contributed by atoms with E-state index in [1.54, 1.807) is 24.7 Å². The number of H-pyrrole nitrogens is 1. The zero-order chi connectivity index (χ0) is 18.3. The van der Waals surface area contributed by atoms with Crippen molar-refractivity contribution in [2.75, 3.05) is 5.73 Å². The summed E-state index contributed by atoms with van der Waals surface area (Å²) in [6.45, 7) is 1.84. The minimum Gasteiger partial charge on any atom is -0.381 e. The number of hydrogen-bond donors (Lipinski definition) is 2. The fourth-order valence-electron chi connectivity index (χ4n) is 2.58. The number of nitrogens with two attached hydrogens (primary N) is 1. The Hall–Kier alpha value is -3.57. The van der Waals surface area contributed by atoms with E-state index in [0.717, 1.165) is 16.6 Å². The molecule has 0 amide bonds. The summed E-state index contributed by atoms with van der Waals surface area (Å²) in [6, 6.07) is 5.54. The highest BCUT2D eigenvalue weighted by Crippen LogP contribution is 2.33. The molecule has 0 saturated carbocycles. The Balaban J connectivity index is 2.01. The number of rotatable bonds is 2. The number of nitrogens with zero attached hydrogens (tertiary/aromatic N) is 6. The molecule has 0 fully saturated rings. The summed E-state index contributed by atoms with van der Waals surface area (Å²) < 4.78 is 0. The third-order valence-electron chi connectivity index (χ3n) is 3.83. The summed E-state index contributed by atoms with van der Waals surface area (Å²) in [5.41, 5.74) is 9.43. The summed E-state index contributed by atoms with van der Waals surface area (Å²) in [5, 5.41) is 17.4. The van der Waals surface area contributed by atoms with Gasteiger partial charge in [0.05, 0.1) is 28.6 Å². The van der Waals surface area contributed by atoms with Gasteiger partial charge in [-0.1, -0.05) is 11.6 Å². The first-order valence-electron chi connectivity index (χ1n) is 7.56. The normalized spacial score (nSPS) is 10.8. The number of aromatic amines is 1. The first-order valence-corrected chi connectivity index (χ1v) is 7.94. The van der Waals surface area contributed by atoms with Crippen molar-refractivity contribution in [1.82, 2.24) is 30.1 Å². The number of benzene rings is 1. The summed E-state index contributed by atoms with van der Waals surface area (Å²) in [4.78, 5) is 17.3. The Labute approximate surface area is 152 Å². The van der Waals surface area contributed by atoms with E-state index < -0.39 is 0 Å². The van der Waals surface area contributed by atoms with Gasteiger partial charge in [0.15, 0.2) is 11.5 Å². The van der Waals surface area contributed by atoms with E-state index in [0.29, 0.717) is 27.7 Å². The van der Waals surface area contributed by atoms with E-state index in [1.807, 2.05) is 19.1 Å². The fourth-order valence-corrected chi connectivity index (χ4v) is 2.85. The van der Waals surface area contributed by atoms with Crippen LogP contribution >= 0.6 is 11.6 Å². The Morgan fingerprint density at radius 3 is 2.69 bits per heavy atom. The van der Waals surface area contributed by atoms with Crippen LogP contribution in [-0.4, -0.2) is 30.1 Å². The highest BCUT2D eigenvalue weighted by atomic mass is 35.5. The monoisotopic (exact) mass is 362 g/mol. The molecule has 3 aromatic heterocycles. The van der Waals surface area contributed by atoms with Gasteiger partial charge in [-0.3, -0.25) is 15.1 Å². The maximum Gasteiger partial charge on any atom is 0.183 e. The molecular formula is C17H11ClN8. The zero-order valence-corrected chi connectivity index (χ0v) is 14.3. The maximum absolute atomic E-state index is 9.28. The molecule has 0 unspecified atom stereocenters. The third kappa shape index (κ3) is 2.60. The molecule has 0 aliphatic carbocycles. The number of halogens is 1. The van der Waals surface area contributed by atoms with E-state index in [-0.39, 0.29) is 11.5 Å². The largest absolute Gasteiger partial charge is 0.381 e. The second-order valence-corrected chi connectivity index (χ2v) is 6.01. The van der Waals surface area contributed by atoms with Crippen molar-refractivity contribution in [2.24, 2.45) is 0 Å². The van der Waals surface area contributed by atoms with E-state index in [1.165, 1.54) is 0 Å². The predicted octanol–water partition coefficient (Wildman–Crippen LogP) is 2.89. The van der Waals surface area contributed by atoms with Gasteiger partial charge in [-0.05, 0) is 19.1 Å². The van der Waals surface area contributed by atoms with Crippen LogP contribution in [0.2, 0.25) is 5.02 Å². The van der Waals surface area contributed by atoms with Gasteiger partial charge in [-0.15, -0.1) is 0 Å². The number of nitriles is 1. The molecule has 0 saturated heterocycles. The molecule has 0 spiro atoms.